The van der Waals surface area contributed by atoms with Gasteiger partial charge in [-0.25, -0.2) is 4.39 Å². The minimum atomic E-state index is -0.398. The number of nitrogens with one attached hydrogen (secondary N) is 2. The first kappa shape index (κ1) is 16.3. The van der Waals surface area contributed by atoms with Gasteiger partial charge in [-0.1, -0.05) is 0 Å². The van der Waals surface area contributed by atoms with Crippen molar-refractivity contribution in [3.8, 4) is 0 Å². The van der Waals surface area contributed by atoms with E-state index in [1.807, 2.05) is 23.9 Å². The lowest BCUT2D eigenvalue weighted by Gasteiger charge is -2.24. The Balaban J connectivity index is 1.76. The van der Waals surface area contributed by atoms with Crippen LogP contribution in [0.4, 0.5) is 4.39 Å². The van der Waals surface area contributed by atoms with Crippen LogP contribution in [0.15, 0.2) is 18.3 Å². The van der Waals surface area contributed by atoms with Gasteiger partial charge in [0, 0.05) is 30.6 Å². The fourth-order valence-corrected chi connectivity index (χ4v) is 4.16. The Morgan fingerprint density at radius 2 is 1.88 bits per heavy atom. The van der Waals surface area contributed by atoms with Crippen molar-refractivity contribution in [2.45, 2.75) is 37.5 Å². The molecular formula is C19H22FN3O2. The maximum Gasteiger partial charge on any atom is 0.234 e. The number of hydrogen-bond acceptors (Lipinski definition) is 3. The van der Waals surface area contributed by atoms with E-state index >= 15 is 0 Å². The van der Waals surface area contributed by atoms with E-state index in [1.165, 1.54) is 0 Å². The second-order valence-electron chi connectivity index (χ2n) is 7.11. The number of fused-ring (bicyclic) bond motifs is 1. The summed E-state index contributed by atoms with van der Waals surface area (Å²) in [6.45, 7) is 1.83. The van der Waals surface area contributed by atoms with E-state index in [0.717, 1.165) is 48.0 Å². The molecule has 2 N–H and O–H groups in total. The van der Waals surface area contributed by atoms with Crippen LogP contribution in [0, 0.1) is 5.82 Å². The Morgan fingerprint density at radius 1 is 1.12 bits per heavy atom. The lowest BCUT2D eigenvalue weighted by molar-refractivity contribution is -0.134. The zero-order chi connectivity index (χ0) is 17.6. The quantitative estimate of drug-likeness (QED) is 0.823. The van der Waals surface area contributed by atoms with E-state index < -0.39 is 5.92 Å². The molecule has 0 saturated carbocycles. The molecule has 5 nitrogen and oxygen atoms in total. The van der Waals surface area contributed by atoms with Crippen molar-refractivity contribution in [1.29, 1.82) is 0 Å². The van der Waals surface area contributed by atoms with E-state index in [0.29, 0.717) is 12.8 Å². The van der Waals surface area contributed by atoms with Gasteiger partial charge in [0.1, 0.15) is 5.82 Å². The highest BCUT2D eigenvalue weighted by Crippen LogP contribution is 2.36. The van der Waals surface area contributed by atoms with Gasteiger partial charge in [-0.3, -0.25) is 14.9 Å². The summed E-state index contributed by atoms with van der Waals surface area (Å²) in [5.74, 6) is -0.878. The Labute approximate surface area is 145 Å². The number of halogens is 1. The number of imide groups is 1. The second-order valence-corrected chi connectivity index (χ2v) is 7.11. The largest absolute Gasteiger partial charge is 0.350 e. The molecule has 2 aromatic rings. The van der Waals surface area contributed by atoms with E-state index in [1.54, 1.807) is 6.07 Å². The first-order valence-corrected chi connectivity index (χ1v) is 8.87. The van der Waals surface area contributed by atoms with Gasteiger partial charge in [0.2, 0.25) is 11.8 Å². The monoisotopic (exact) mass is 343 g/mol. The minimum Gasteiger partial charge on any atom is -0.350 e. The molecule has 0 bridgehead atoms. The van der Waals surface area contributed by atoms with E-state index in [-0.39, 0.29) is 23.5 Å². The molecule has 3 heterocycles. The third-order valence-electron chi connectivity index (χ3n) is 5.53. The third kappa shape index (κ3) is 2.84. The molecule has 2 amide bonds. The van der Waals surface area contributed by atoms with Gasteiger partial charge in [0.25, 0.3) is 0 Å². The summed E-state index contributed by atoms with van der Waals surface area (Å²) in [6, 6.07) is 3.52. The molecule has 6 heteroatoms. The van der Waals surface area contributed by atoms with Gasteiger partial charge < -0.3 is 9.88 Å². The molecule has 25 heavy (non-hydrogen) atoms. The highest BCUT2D eigenvalue weighted by Gasteiger charge is 2.31. The maximum absolute atomic E-state index is 14.8. The molecule has 132 valence electrons. The van der Waals surface area contributed by atoms with Crippen molar-refractivity contribution >= 4 is 22.7 Å². The van der Waals surface area contributed by atoms with Gasteiger partial charge >= 0.3 is 0 Å². The normalized spacial score (nSPS) is 22.4. The lowest BCUT2D eigenvalue weighted by atomic mass is 9.87. The lowest BCUT2D eigenvalue weighted by Crippen LogP contribution is -2.39. The molecule has 4 rings (SSSR count). The van der Waals surface area contributed by atoms with Gasteiger partial charge in [0.15, 0.2) is 0 Å². The Hall–Kier alpha value is -2.21. The number of carbonyl (C=O) groups excluding carboxylic acids is 2. The first-order valence-electron chi connectivity index (χ1n) is 8.87. The van der Waals surface area contributed by atoms with E-state index in [2.05, 4.69) is 10.6 Å². The van der Waals surface area contributed by atoms with Crippen molar-refractivity contribution in [3.63, 3.8) is 0 Å². The van der Waals surface area contributed by atoms with Gasteiger partial charge in [-0.2, -0.15) is 0 Å². The zero-order valence-electron chi connectivity index (χ0n) is 14.3. The van der Waals surface area contributed by atoms with E-state index in [9.17, 15) is 14.0 Å². The number of benzene rings is 1. The van der Waals surface area contributed by atoms with E-state index in [4.69, 9.17) is 0 Å². The number of aromatic nitrogens is 1. The highest BCUT2D eigenvalue weighted by atomic mass is 19.1. The molecular weight excluding hydrogens is 321 g/mol. The molecule has 2 fully saturated rings. The van der Waals surface area contributed by atoms with Gasteiger partial charge in [-0.05, 0) is 61.5 Å². The van der Waals surface area contributed by atoms with Gasteiger partial charge in [-0.15, -0.1) is 0 Å². The Kier molecular flexibility index (Phi) is 4.07. The number of amides is 2. The summed E-state index contributed by atoms with van der Waals surface area (Å²) in [5.41, 5.74) is 2.51. The van der Waals surface area contributed by atoms with Crippen LogP contribution in [-0.2, 0) is 16.6 Å². The van der Waals surface area contributed by atoms with Gasteiger partial charge in [0.05, 0.1) is 5.92 Å². The molecule has 1 aromatic carbocycles. The number of aryl methyl sites for hydroxylation is 1. The topological polar surface area (TPSA) is 63.1 Å². The molecule has 1 atom stereocenters. The number of hydrogen-bond donors (Lipinski definition) is 2. The van der Waals surface area contributed by atoms with Crippen LogP contribution in [0.1, 0.15) is 48.6 Å². The fraction of sp³-hybridized carbons (Fsp3) is 0.474. The molecule has 2 aliphatic rings. The number of carbonyl (C=O) groups is 2. The standard InChI is InChI=1S/C19H22FN3O2/c1-23-10-15(12-2-3-18(24)22-19(12)25)14-8-16(20)13(9-17(14)23)11-4-6-21-7-5-11/h8-12,21H,2-7H2,1H3,(H,22,24,25). The zero-order valence-corrected chi connectivity index (χ0v) is 14.3. The average molecular weight is 343 g/mol. The number of rotatable bonds is 2. The summed E-state index contributed by atoms with van der Waals surface area (Å²) in [6.07, 6.45) is 4.57. The van der Waals surface area contributed by atoms with Crippen molar-refractivity contribution in [3.05, 3.63) is 35.3 Å². The minimum absolute atomic E-state index is 0.195. The average Bonchev–Trinajstić information content (AvgIpc) is 2.91. The smallest absolute Gasteiger partial charge is 0.234 e. The molecule has 0 spiro atoms. The predicted octanol–water partition coefficient (Wildman–Crippen LogP) is 2.30. The second kappa shape index (κ2) is 6.26. The molecule has 0 radical (unpaired) electrons. The van der Waals surface area contributed by atoms with Crippen LogP contribution >= 0.6 is 0 Å². The third-order valence-corrected chi connectivity index (χ3v) is 5.53. The molecule has 0 aliphatic carbocycles. The van der Waals surface area contributed by atoms with Crippen LogP contribution in [0.25, 0.3) is 10.9 Å². The summed E-state index contributed by atoms with van der Waals surface area (Å²) >= 11 is 0. The van der Waals surface area contributed by atoms with Crippen molar-refractivity contribution in [2.75, 3.05) is 13.1 Å². The fourth-order valence-electron chi connectivity index (χ4n) is 4.16. The summed E-state index contributed by atoms with van der Waals surface area (Å²) < 4.78 is 16.8. The molecule has 1 aromatic heterocycles. The van der Waals surface area contributed by atoms with Crippen molar-refractivity contribution < 1.29 is 14.0 Å². The summed E-state index contributed by atoms with van der Waals surface area (Å²) in [4.78, 5) is 23.6. The van der Waals surface area contributed by atoms with Crippen LogP contribution < -0.4 is 10.6 Å². The van der Waals surface area contributed by atoms with Crippen LogP contribution in [0.5, 0.6) is 0 Å². The highest BCUT2D eigenvalue weighted by molar-refractivity contribution is 6.03. The SMILES string of the molecule is Cn1cc(C2CCC(=O)NC2=O)c2cc(F)c(C3CCNCC3)cc21. The van der Waals surface area contributed by atoms with Crippen LogP contribution in [-0.4, -0.2) is 29.5 Å². The van der Waals surface area contributed by atoms with Crippen molar-refractivity contribution in [2.24, 2.45) is 7.05 Å². The Morgan fingerprint density at radius 3 is 2.60 bits per heavy atom. The van der Waals surface area contributed by atoms with Crippen LogP contribution in [0.3, 0.4) is 0 Å². The van der Waals surface area contributed by atoms with Crippen molar-refractivity contribution in [1.82, 2.24) is 15.2 Å². The molecule has 2 saturated heterocycles. The first-order chi connectivity index (χ1) is 12.0. The summed E-state index contributed by atoms with van der Waals surface area (Å²) in [7, 11) is 1.92. The number of nitrogens with zero attached hydrogens (tertiary/aromatic N) is 1. The molecule has 1 unspecified atom stereocenters. The predicted molar refractivity (Wildman–Crippen MR) is 92.8 cm³/mol. The van der Waals surface area contributed by atoms with Crippen LogP contribution in [0.2, 0.25) is 0 Å². The molecule has 2 aliphatic heterocycles. The maximum atomic E-state index is 14.8. The Bertz CT molecular complexity index is 852. The number of piperidine rings is 2. The summed E-state index contributed by atoms with van der Waals surface area (Å²) in [5, 5.41) is 6.47.